The Morgan fingerprint density at radius 1 is 1.31 bits per heavy atom. The third-order valence-corrected chi connectivity index (χ3v) is 4.12. The first-order valence-corrected chi connectivity index (χ1v) is 6.22. The van der Waals surface area contributed by atoms with Crippen molar-refractivity contribution in [3.63, 3.8) is 0 Å². The quantitative estimate of drug-likeness (QED) is 0.689. The molecule has 1 atom stereocenters. The van der Waals surface area contributed by atoms with E-state index in [9.17, 15) is 4.79 Å². The van der Waals surface area contributed by atoms with Crippen LogP contribution in [-0.2, 0) is 4.79 Å². The topological polar surface area (TPSA) is 43.1 Å². The minimum atomic E-state index is -0.298. The molecular formula is C14H27NO. The fourth-order valence-corrected chi connectivity index (χ4v) is 1.91. The van der Waals surface area contributed by atoms with Crippen molar-refractivity contribution in [2.45, 2.75) is 60.8 Å². The molecule has 0 aromatic rings. The summed E-state index contributed by atoms with van der Waals surface area (Å²) in [7, 11) is 0. The highest BCUT2D eigenvalue weighted by Crippen LogP contribution is 2.38. The minimum Gasteiger partial charge on any atom is -0.366 e. The van der Waals surface area contributed by atoms with Gasteiger partial charge in [-0.1, -0.05) is 46.1 Å². The van der Waals surface area contributed by atoms with Crippen molar-refractivity contribution in [1.29, 1.82) is 0 Å². The molecule has 0 spiro atoms. The number of hydrogen-bond acceptors (Lipinski definition) is 1. The van der Waals surface area contributed by atoms with Gasteiger partial charge in [0.05, 0.1) is 0 Å². The third-order valence-electron chi connectivity index (χ3n) is 4.12. The first-order chi connectivity index (χ1) is 7.25. The van der Waals surface area contributed by atoms with E-state index >= 15 is 0 Å². The van der Waals surface area contributed by atoms with E-state index < -0.39 is 0 Å². The predicted octanol–water partition coefficient (Wildman–Crippen LogP) is 3.66. The van der Waals surface area contributed by atoms with Crippen molar-refractivity contribution in [2.24, 2.45) is 17.1 Å². The highest BCUT2D eigenvalue weighted by molar-refractivity contribution is 5.92. The minimum absolute atomic E-state index is 0.0499. The summed E-state index contributed by atoms with van der Waals surface area (Å²) >= 11 is 0. The van der Waals surface area contributed by atoms with Crippen LogP contribution in [0.25, 0.3) is 0 Å². The van der Waals surface area contributed by atoms with Gasteiger partial charge in [-0.3, -0.25) is 4.79 Å². The SMILES string of the molecule is CCCCC(C)C(C)(C)/C(C)=C(\C)C(N)=O. The Bertz CT molecular complexity index is 276. The van der Waals surface area contributed by atoms with Crippen LogP contribution in [0.1, 0.15) is 60.8 Å². The zero-order valence-electron chi connectivity index (χ0n) is 11.7. The molecule has 0 aromatic heterocycles. The van der Waals surface area contributed by atoms with Crippen LogP contribution in [-0.4, -0.2) is 5.91 Å². The molecule has 16 heavy (non-hydrogen) atoms. The Morgan fingerprint density at radius 3 is 2.19 bits per heavy atom. The summed E-state index contributed by atoms with van der Waals surface area (Å²) in [6.45, 7) is 12.7. The number of amides is 1. The van der Waals surface area contributed by atoms with E-state index in [1.54, 1.807) is 0 Å². The maximum absolute atomic E-state index is 11.2. The van der Waals surface area contributed by atoms with Gasteiger partial charge in [0.15, 0.2) is 0 Å². The van der Waals surface area contributed by atoms with Crippen molar-refractivity contribution in [3.8, 4) is 0 Å². The molecule has 0 rings (SSSR count). The smallest absolute Gasteiger partial charge is 0.244 e. The van der Waals surface area contributed by atoms with Gasteiger partial charge < -0.3 is 5.73 Å². The van der Waals surface area contributed by atoms with Gasteiger partial charge in [0, 0.05) is 5.57 Å². The van der Waals surface area contributed by atoms with E-state index in [2.05, 4.69) is 27.7 Å². The van der Waals surface area contributed by atoms with Gasteiger partial charge in [0.2, 0.25) is 5.91 Å². The summed E-state index contributed by atoms with van der Waals surface area (Å²) in [5.41, 5.74) is 7.23. The van der Waals surface area contributed by atoms with Gasteiger partial charge in [-0.15, -0.1) is 0 Å². The summed E-state index contributed by atoms with van der Waals surface area (Å²) in [5, 5.41) is 0. The van der Waals surface area contributed by atoms with E-state index in [0.717, 1.165) is 5.57 Å². The van der Waals surface area contributed by atoms with Crippen LogP contribution in [0.2, 0.25) is 0 Å². The molecule has 0 aromatic carbocycles. The van der Waals surface area contributed by atoms with Crippen molar-refractivity contribution in [1.82, 2.24) is 0 Å². The highest BCUT2D eigenvalue weighted by Gasteiger charge is 2.29. The molecular weight excluding hydrogens is 198 g/mol. The van der Waals surface area contributed by atoms with Gasteiger partial charge in [-0.25, -0.2) is 0 Å². The Kier molecular flexibility index (Phi) is 5.77. The fraction of sp³-hybridized carbons (Fsp3) is 0.786. The standard InChI is InChI=1S/C14H27NO/c1-7-8-9-10(2)14(5,6)12(4)11(3)13(15)16/h10H,7-9H2,1-6H3,(H2,15,16)/b12-11+. The number of carbonyl (C=O) groups is 1. The molecule has 0 fully saturated rings. The molecule has 0 bridgehead atoms. The van der Waals surface area contributed by atoms with Crippen LogP contribution in [0.15, 0.2) is 11.1 Å². The molecule has 0 radical (unpaired) electrons. The van der Waals surface area contributed by atoms with Crippen LogP contribution in [0.5, 0.6) is 0 Å². The third kappa shape index (κ3) is 3.66. The maximum atomic E-state index is 11.2. The number of hydrogen-bond donors (Lipinski definition) is 1. The summed E-state index contributed by atoms with van der Waals surface area (Å²) in [4.78, 5) is 11.2. The average Bonchev–Trinajstić information content (AvgIpc) is 2.23. The van der Waals surface area contributed by atoms with Crippen molar-refractivity contribution in [3.05, 3.63) is 11.1 Å². The lowest BCUT2D eigenvalue weighted by molar-refractivity contribution is -0.114. The Labute approximate surface area is 100 Å². The highest BCUT2D eigenvalue weighted by atomic mass is 16.1. The molecule has 0 aliphatic rings. The summed E-state index contributed by atoms with van der Waals surface area (Å²) in [6.07, 6.45) is 3.67. The maximum Gasteiger partial charge on any atom is 0.244 e. The van der Waals surface area contributed by atoms with Crippen LogP contribution in [0.4, 0.5) is 0 Å². The van der Waals surface area contributed by atoms with Crippen molar-refractivity contribution >= 4 is 5.91 Å². The Balaban J connectivity index is 4.89. The molecule has 1 amide bonds. The zero-order chi connectivity index (χ0) is 12.9. The van der Waals surface area contributed by atoms with E-state index in [1.165, 1.54) is 19.3 Å². The average molecular weight is 225 g/mol. The first-order valence-electron chi connectivity index (χ1n) is 6.22. The predicted molar refractivity (Wildman–Crippen MR) is 70.0 cm³/mol. The molecule has 2 N–H and O–H groups in total. The summed E-state index contributed by atoms with van der Waals surface area (Å²) < 4.78 is 0. The van der Waals surface area contributed by atoms with Gasteiger partial charge >= 0.3 is 0 Å². The Hall–Kier alpha value is -0.790. The van der Waals surface area contributed by atoms with Gasteiger partial charge in [-0.05, 0) is 31.6 Å². The van der Waals surface area contributed by atoms with Gasteiger partial charge in [-0.2, -0.15) is 0 Å². The number of carbonyl (C=O) groups excluding carboxylic acids is 1. The van der Waals surface area contributed by atoms with E-state index in [0.29, 0.717) is 11.5 Å². The zero-order valence-corrected chi connectivity index (χ0v) is 11.7. The first kappa shape index (κ1) is 15.2. The molecule has 0 saturated carbocycles. The molecule has 0 heterocycles. The molecule has 0 aliphatic heterocycles. The second-order valence-electron chi connectivity index (χ2n) is 5.38. The number of allylic oxidation sites excluding steroid dienone is 1. The normalized spacial score (nSPS) is 15.6. The largest absolute Gasteiger partial charge is 0.366 e. The van der Waals surface area contributed by atoms with E-state index in [-0.39, 0.29) is 11.3 Å². The molecule has 1 unspecified atom stereocenters. The lowest BCUT2D eigenvalue weighted by atomic mass is 9.71. The second-order valence-corrected chi connectivity index (χ2v) is 5.38. The molecule has 2 heteroatoms. The van der Waals surface area contributed by atoms with Gasteiger partial charge in [0.1, 0.15) is 0 Å². The monoisotopic (exact) mass is 225 g/mol. The van der Waals surface area contributed by atoms with E-state index in [4.69, 9.17) is 5.73 Å². The van der Waals surface area contributed by atoms with E-state index in [1.807, 2.05) is 13.8 Å². The molecule has 0 saturated heterocycles. The fourth-order valence-electron chi connectivity index (χ4n) is 1.91. The number of rotatable bonds is 6. The molecule has 0 aliphatic carbocycles. The lowest BCUT2D eigenvalue weighted by Gasteiger charge is -2.34. The van der Waals surface area contributed by atoms with Crippen LogP contribution in [0, 0.1) is 11.3 Å². The van der Waals surface area contributed by atoms with Crippen molar-refractivity contribution in [2.75, 3.05) is 0 Å². The lowest BCUT2D eigenvalue weighted by Crippen LogP contribution is -2.26. The summed E-state index contributed by atoms with van der Waals surface area (Å²) in [6, 6.07) is 0. The number of unbranched alkanes of at least 4 members (excludes halogenated alkanes) is 1. The van der Waals surface area contributed by atoms with Crippen LogP contribution in [0.3, 0.4) is 0 Å². The van der Waals surface area contributed by atoms with Crippen LogP contribution >= 0.6 is 0 Å². The number of nitrogens with two attached hydrogens (primary N) is 1. The summed E-state index contributed by atoms with van der Waals surface area (Å²) in [5.74, 6) is 0.273. The molecule has 94 valence electrons. The second kappa shape index (κ2) is 6.07. The number of primary amides is 1. The molecule has 2 nitrogen and oxygen atoms in total. The van der Waals surface area contributed by atoms with Crippen molar-refractivity contribution < 1.29 is 4.79 Å². The Morgan fingerprint density at radius 2 is 1.81 bits per heavy atom. The van der Waals surface area contributed by atoms with Crippen LogP contribution < -0.4 is 5.73 Å². The van der Waals surface area contributed by atoms with Gasteiger partial charge in [0.25, 0.3) is 0 Å².